The van der Waals surface area contributed by atoms with Gasteiger partial charge in [-0.2, -0.15) is 0 Å². The van der Waals surface area contributed by atoms with Crippen LogP contribution < -0.4 is 4.90 Å². The van der Waals surface area contributed by atoms with Gasteiger partial charge < -0.3 is 9.80 Å². The quantitative estimate of drug-likeness (QED) is 0.780. The van der Waals surface area contributed by atoms with Crippen LogP contribution in [-0.2, 0) is 0 Å². The first-order valence-corrected chi connectivity index (χ1v) is 7.51. The molecule has 0 aromatic carbocycles. The zero-order valence-electron chi connectivity index (χ0n) is 11.6. The van der Waals surface area contributed by atoms with E-state index in [4.69, 9.17) is 16.6 Å². The van der Waals surface area contributed by atoms with Crippen molar-refractivity contribution in [1.29, 1.82) is 0 Å². The van der Waals surface area contributed by atoms with Gasteiger partial charge in [0, 0.05) is 31.1 Å². The summed E-state index contributed by atoms with van der Waals surface area (Å²) in [4.78, 5) is 13.9. The molecule has 1 atom stereocenters. The molecule has 1 saturated carbocycles. The number of anilines is 1. The van der Waals surface area contributed by atoms with Crippen LogP contribution in [0, 0.1) is 0 Å². The van der Waals surface area contributed by atoms with Crippen LogP contribution in [0.25, 0.3) is 0 Å². The lowest BCUT2D eigenvalue weighted by Gasteiger charge is -2.29. The van der Waals surface area contributed by atoms with Crippen molar-refractivity contribution in [3.8, 4) is 0 Å². The van der Waals surface area contributed by atoms with E-state index in [0.717, 1.165) is 31.3 Å². The molecule has 19 heavy (non-hydrogen) atoms. The maximum absolute atomic E-state index is 6.17. The monoisotopic (exact) mass is 280 g/mol. The van der Waals surface area contributed by atoms with Gasteiger partial charge in [0.15, 0.2) is 0 Å². The molecule has 2 aliphatic rings. The highest BCUT2D eigenvalue weighted by atomic mass is 35.5. The van der Waals surface area contributed by atoms with E-state index in [1.54, 1.807) is 0 Å². The van der Waals surface area contributed by atoms with E-state index in [2.05, 4.69) is 28.8 Å². The van der Waals surface area contributed by atoms with Gasteiger partial charge in [0.25, 0.3) is 0 Å². The Balaban J connectivity index is 1.87. The summed E-state index contributed by atoms with van der Waals surface area (Å²) in [6.45, 7) is 5.52. The van der Waals surface area contributed by atoms with Gasteiger partial charge in [-0.05, 0) is 39.8 Å². The van der Waals surface area contributed by atoms with E-state index in [-0.39, 0.29) is 0 Å². The third-order valence-electron chi connectivity index (χ3n) is 3.98. The maximum Gasteiger partial charge on any atom is 0.135 e. The second-order valence-electron chi connectivity index (χ2n) is 5.84. The highest BCUT2D eigenvalue weighted by Crippen LogP contribution is 2.39. The van der Waals surface area contributed by atoms with Crippen molar-refractivity contribution in [3.63, 3.8) is 0 Å². The molecule has 2 heterocycles. The molecule has 0 spiro atoms. The van der Waals surface area contributed by atoms with Crippen LogP contribution in [0.3, 0.4) is 0 Å². The van der Waals surface area contributed by atoms with E-state index < -0.39 is 0 Å². The summed E-state index contributed by atoms with van der Waals surface area (Å²) in [6, 6.07) is 2.38. The Morgan fingerprint density at radius 2 is 2.05 bits per heavy atom. The molecule has 2 fully saturated rings. The summed E-state index contributed by atoms with van der Waals surface area (Å²) in [5, 5.41) is 0.580. The minimum Gasteiger partial charge on any atom is -0.352 e. The van der Waals surface area contributed by atoms with Crippen LogP contribution in [0.4, 0.5) is 5.82 Å². The van der Waals surface area contributed by atoms with Gasteiger partial charge in [-0.15, -0.1) is 0 Å². The number of aromatic nitrogens is 2. The Kier molecular flexibility index (Phi) is 3.63. The molecule has 1 aromatic heterocycles. The number of nitrogens with zero attached hydrogens (tertiary/aromatic N) is 4. The van der Waals surface area contributed by atoms with Crippen LogP contribution >= 0.6 is 11.6 Å². The zero-order valence-corrected chi connectivity index (χ0v) is 12.4. The van der Waals surface area contributed by atoms with Crippen molar-refractivity contribution < 1.29 is 0 Å². The fourth-order valence-electron chi connectivity index (χ4n) is 2.81. The average molecular weight is 281 g/mol. The molecule has 104 valence electrons. The predicted octanol–water partition coefficient (Wildman–Crippen LogP) is 2.54. The van der Waals surface area contributed by atoms with Crippen molar-refractivity contribution in [1.82, 2.24) is 14.9 Å². The largest absolute Gasteiger partial charge is 0.352 e. The van der Waals surface area contributed by atoms with Crippen LogP contribution in [0.15, 0.2) is 6.07 Å². The summed E-state index contributed by atoms with van der Waals surface area (Å²) in [5.41, 5.74) is 0. The van der Waals surface area contributed by atoms with Gasteiger partial charge in [-0.25, -0.2) is 9.97 Å². The van der Waals surface area contributed by atoms with Gasteiger partial charge in [0.05, 0.1) is 0 Å². The molecule has 0 amide bonds. The Hall–Kier alpha value is -0.870. The third-order valence-corrected chi connectivity index (χ3v) is 4.18. The van der Waals surface area contributed by atoms with Gasteiger partial charge in [0.2, 0.25) is 0 Å². The minimum absolute atomic E-state index is 0.463. The number of rotatable bonds is 2. The molecule has 1 aromatic rings. The summed E-state index contributed by atoms with van der Waals surface area (Å²) in [6.07, 6.45) is 3.58. The molecule has 1 aliphatic carbocycles. The summed E-state index contributed by atoms with van der Waals surface area (Å²) < 4.78 is 0. The SMILES string of the molecule is CC1CN(C)CCCN1c1cc(Cl)nc(C2CC2)n1. The molecule has 0 bridgehead atoms. The van der Waals surface area contributed by atoms with E-state index >= 15 is 0 Å². The van der Waals surface area contributed by atoms with Crippen LogP contribution in [0.1, 0.15) is 37.9 Å². The van der Waals surface area contributed by atoms with Crippen molar-refractivity contribution in [2.24, 2.45) is 0 Å². The van der Waals surface area contributed by atoms with E-state index in [1.165, 1.54) is 19.3 Å². The van der Waals surface area contributed by atoms with E-state index in [0.29, 0.717) is 17.1 Å². The highest BCUT2D eigenvalue weighted by molar-refractivity contribution is 6.29. The predicted molar refractivity (Wildman–Crippen MR) is 77.9 cm³/mol. The first-order valence-electron chi connectivity index (χ1n) is 7.13. The lowest BCUT2D eigenvalue weighted by atomic mass is 10.2. The highest BCUT2D eigenvalue weighted by Gasteiger charge is 2.29. The lowest BCUT2D eigenvalue weighted by molar-refractivity contribution is 0.337. The number of halogens is 1. The molecule has 1 aliphatic heterocycles. The second kappa shape index (κ2) is 5.25. The van der Waals surface area contributed by atoms with Crippen molar-refractivity contribution in [2.75, 3.05) is 31.6 Å². The van der Waals surface area contributed by atoms with Crippen LogP contribution in [0.5, 0.6) is 0 Å². The van der Waals surface area contributed by atoms with Crippen LogP contribution in [0.2, 0.25) is 5.15 Å². The molecular formula is C14H21ClN4. The van der Waals surface area contributed by atoms with E-state index in [1.807, 2.05) is 6.07 Å². The maximum atomic E-state index is 6.17. The standard InChI is InChI=1S/C14H21ClN4/c1-10-9-18(2)6-3-7-19(10)13-8-12(15)16-14(17-13)11-4-5-11/h8,10-11H,3-7,9H2,1-2H3. The van der Waals surface area contributed by atoms with Gasteiger partial charge in [0.1, 0.15) is 16.8 Å². The first-order chi connectivity index (χ1) is 9.13. The number of likely N-dealkylation sites (N-methyl/N-ethyl adjacent to an activating group) is 1. The number of hydrogen-bond donors (Lipinski definition) is 0. The molecule has 4 nitrogen and oxygen atoms in total. The Morgan fingerprint density at radius 1 is 1.26 bits per heavy atom. The van der Waals surface area contributed by atoms with Crippen LogP contribution in [-0.4, -0.2) is 47.6 Å². The lowest BCUT2D eigenvalue weighted by Crippen LogP contribution is -2.38. The van der Waals surface area contributed by atoms with Gasteiger partial charge in [-0.1, -0.05) is 11.6 Å². The second-order valence-corrected chi connectivity index (χ2v) is 6.23. The summed E-state index contributed by atoms with van der Waals surface area (Å²) in [5.74, 6) is 2.49. The smallest absolute Gasteiger partial charge is 0.135 e. The molecule has 3 rings (SSSR count). The number of hydrogen-bond acceptors (Lipinski definition) is 4. The fraction of sp³-hybridized carbons (Fsp3) is 0.714. The topological polar surface area (TPSA) is 32.3 Å². The summed E-state index contributed by atoms with van der Waals surface area (Å²) >= 11 is 6.17. The van der Waals surface area contributed by atoms with Gasteiger partial charge >= 0.3 is 0 Å². The molecule has 0 N–H and O–H groups in total. The normalized spacial score (nSPS) is 25.4. The average Bonchev–Trinajstić information content (AvgIpc) is 3.16. The summed E-state index contributed by atoms with van der Waals surface area (Å²) in [7, 11) is 2.18. The molecule has 1 saturated heterocycles. The van der Waals surface area contributed by atoms with Crippen molar-refractivity contribution in [3.05, 3.63) is 17.0 Å². The van der Waals surface area contributed by atoms with Crippen molar-refractivity contribution >= 4 is 17.4 Å². The molecular weight excluding hydrogens is 260 g/mol. The zero-order chi connectivity index (χ0) is 13.4. The van der Waals surface area contributed by atoms with E-state index in [9.17, 15) is 0 Å². The Labute approximate surface area is 119 Å². The van der Waals surface area contributed by atoms with Gasteiger partial charge in [-0.3, -0.25) is 0 Å². The third kappa shape index (κ3) is 3.00. The fourth-order valence-corrected chi connectivity index (χ4v) is 2.99. The molecule has 1 unspecified atom stereocenters. The molecule has 0 radical (unpaired) electrons. The van der Waals surface area contributed by atoms with Crippen molar-refractivity contribution in [2.45, 2.75) is 38.1 Å². The molecule has 5 heteroatoms. The Morgan fingerprint density at radius 3 is 2.79 bits per heavy atom. The first kappa shape index (κ1) is 13.1. The minimum atomic E-state index is 0.463. The Bertz CT molecular complexity index is 461.